The maximum Gasteiger partial charge on any atom is 0.00669 e. The zero-order chi connectivity index (χ0) is 11.8. The van der Waals surface area contributed by atoms with Gasteiger partial charge in [-0.3, -0.25) is 0 Å². The van der Waals surface area contributed by atoms with E-state index in [-0.39, 0.29) is 0 Å². The highest BCUT2D eigenvalue weighted by atomic mass is 15.2. The lowest BCUT2D eigenvalue weighted by atomic mass is 10.0. The molecule has 0 radical (unpaired) electrons. The Labute approximate surface area is 102 Å². The lowest BCUT2D eigenvalue weighted by molar-refractivity contribution is 0.159. The molecule has 1 saturated heterocycles. The third kappa shape index (κ3) is 5.86. The molecule has 1 heterocycles. The van der Waals surface area contributed by atoms with Crippen LogP contribution in [0, 0.1) is 5.92 Å². The molecule has 1 unspecified atom stereocenters. The summed E-state index contributed by atoms with van der Waals surface area (Å²) in [7, 11) is 0. The molecule has 0 amide bonds. The summed E-state index contributed by atoms with van der Waals surface area (Å²) in [6.07, 6.45) is 6.86. The largest absolute Gasteiger partial charge is 0.317 e. The zero-order valence-corrected chi connectivity index (χ0v) is 11.5. The van der Waals surface area contributed by atoms with E-state index in [2.05, 4.69) is 31.0 Å². The number of nitrogens with zero attached hydrogens (tertiary/aromatic N) is 1. The molecule has 0 bridgehead atoms. The number of piperidine rings is 1. The average Bonchev–Trinajstić information content (AvgIpc) is 2.25. The van der Waals surface area contributed by atoms with Crippen molar-refractivity contribution < 1.29 is 0 Å². The maximum absolute atomic E-state index is 3.54. The maximum atomic E-state index is 3.54. The van der Waals surface area contributed by atoms with Crippen LogP contribution in [-0.4, -0.2) is 37.1 Å². The number of rotatable bonds is 7. The van der Waals surface area contributed by atoms with Crippen molar-refractivity contribution in [3.05, 3.63) is 0 Å². The second kappa shape index (κ2) is 8.08. The molecule has 0 saturated carbocycles. The van der Waals surface area contributed by atoms with Crippen LogP contribution >= 0.6 is 0 Å². The van der Waals surface area contributed by atoms with Gasteiger partial charge in [0.25, 0.3) is 0 Å². The van der Waals surface area contributed by atoms with Crippen molar-refractivity contribution in [2.75, 3.05) is 26.2 Å². The van der Waals surface area contributed by atoms with Gasteiger partial charge in [0.05, 0.1) is 0 Å². The highest BCUT2D eigenvalue weighted by Gasteiger charge is 2.16. The van der Waals surface area contributed by atoms with Crippen molar-refractivity contribution in [3.8, 4) is 0 Å². The van der Waals surface area contributed by atoms with Crippen LogP contribution in [0.25, 0.3) is 0 Å². The van der Waals surface area contributed by atoms with Gasteiger partial charge in [-0.15, -0.1) is 0 Å². The Morgan fingerprint density at radius 2 is 2.06 bits per heavy atom. The van der Waals surface area contributed by atoms with Crippen LogP contribution < -0.4 is 5.32 Å². The van der Waals surface area contributed by atoms with E-state index in [1.54, 1.807) is 0 Å². The first-order chi connectivity index (χ1) is 7.70. The fraction of sp³-hybridized carbons (Fsp3) is 1.00. The van der Waals surface area contributed by atoms with Gasteiger partial charge in [0, 0.05) is 6.04 Å². The first-order valence-electron chi connectivity index (χ1n) is 7.15. The van der Waals surface area contributed by atoms with Crippen molar-refractivity contribution in [2.24, 2.45) is 5.92 Å². The molecule has 2 heteroatoms. The Kier molecular flexibility index (Phi) is 7.06. The summed E-state index contributed by atoms with van der Waals surface area (Å²) in [6.45, 7) is 12.0. The Balaban J connectivity index is 1.94. The minimum absolute atomic E-state index is 0.824. The van der Waals surface area contributed by atoms with Crippen molar-refractivity contribution in [1.82, 2.24) is 10.2 Å². The third-order valence-electron chi connectivity index (χ3n) is 3.64. The molecule has 1 atom stereocenters. The fourth-order valence-corrected chi connectivity index (χ4v) is 2.41. The lowest BCUT2D eigenvalue weighted by Gasteiger charge is -2.33. The second-order valence-corrected chi connectivity index (χ2v) is 5.67. The molecule has 1 fully saturated rings. The molecular formula is C14H30N2. The standard InChI is InChI=1S/C14H30N2/c1-13(2)8-10-15-9-6-12-16-11-5-4-7-14(16)3/h13-15H,4-12H2,1-3H3. The van der Waals surface area contributed by atoms with E-state index in [1.165, 1.54) is 58.3 Å². The van der Waals surface area contributed by atoms with E-state index < -0.39 is 0 Å². The van der Waals surface area contributed by atoms with Gasteiger partial charge in [-0.1, -0.05) is 20.3 Å². The highest BCUT2D eigenvalue weighted by molar-refractivity contribution is 4.72. The van der Waals surface area contributed by atoms with Gasteiger partial charge in [-0.2, -0.15) is 0 Å². The predicted octanol–water partition coefficient (Wildman–Crippen LogP) is 2.89. The van der Waals surface area contributed by atoms with Gasteiger partial charge in [0.1, 0.15) is 0 Å². The normalized spacial score (nSPS) is 22.9. The molecule has 0 aromatic carbocycles. The molecule has 1 N–H and O–H groups in total. The monoisotopic (exact) mass is 226 g/mol. The molecule has 96 valence electrons. The SMILES string of the molecule is CC(C)CCNCCCN1CCCCC1C. The Morgan fingerprint density at radius 1 is 1.25 bits per heavy atom. The Hall–Kier alpha value is -0.0800. The molecule has 1 aliphatic heterocycles. The zero-order valence-electron chi connectivity index (χ0n) is 11.5. The van der Waals surface area contributed by atoms with Crippen LogP contribution in [0.2, 0.25) is 0 Å². The first kappa shape index (κ1) is 14.0. The van der Waals surface area contributed by atoms with Gasteiger partial charge in [-0.25, -0.2) is 0 Å². The fourth-order valence-electron chi connectivity index (χ4n) is 2.41. The van der Waals surface area contributed by atoms with Crippen LogP contribution in [0.15, 0.2) is 0 Å². The van der Waals surface area contributed by atoms with Crippen molar-refractivity contribution >= 4 is 0 Å². The Morgan fingerprint density at radius 3 is 2.75 bits per heavy atom. The number of hydrogen-bond acceptors (Lipinski definition) is 2. The topological polar surface area (TPSA) is 15.3 Å². The molecule has 0 spiro atoms. The van der Waals surface area contributed by atoms with Gasteiger partial charge < -0.3 is 10.2 Å². The van der Waals surface area contributed by atoms with Crippen molar-refractivity contribution in [3.63, 3.8) is 0 Å². The molecule has 2 nitrogen and oxygen atoms in total. The smallest absolute Gasteiger partial charge is 0.00669 e. The molecule has 1 rings (SSSR count). The highest BCUT2D eigenvalue weighted by Crippen LogP contribution is 2.15. The summed E-state index contributed by atoms with van der Waals surface area (Å²) in [4.78, 5) is 2.66. The van der Waals surface area contributed by atoms with E-state index in [0.29, 0.717) is 0 Å². The summed E-state index contributed by atoms with van der Waals surface area (Å²) in [6, 6.07) is 0.824. The predicted molar refractivity (Wildman–Crippen MR) is 71.8 cm³/mol. The van der Waals surface area contributed by atoms with Crippen molar-refractivity contribution in [1.29, 1.82) is 0 Å². The van der Waals surface area contributed by atoms with E-state index in [1.807, 2.05) is 0 Å². The van der Waals surface area contributed by atoms with Crippen LogP contribution in [0.1, 0.15) is 52.9 Å². The van der Waals surface area contributed by atoms with E-state index in [4.69, 9.17) is 0 Å². The first-order valence-corrected chi connectivity index (χ1v) is 7.15. The van der Waals surface area contributed by atoms with Gasteiger partial charge in [-0.05, 0) is 64.7 Å². The van der Waals surface area contributed by atoms with Crippen LogP contribution in [0.3, 0.4) is 0 Å². The lowest BCUT2D eigenvalue weighted by Crippen LogP contribution is -2.38. The molecule has 0 aromatic rings. The minimum atomic E-state index is 0.824. The summed E-state index contributed by atoms with van der Waals surface area (Å²) >= 11 is 0. The summed E-state index contributed by atoms with van der Waals surface area (Å²) in [5.41, 5.74) is 0. The number of likely N-dealkylation sites (tertiary alicyclic amines) is 1. The van der Waals surface area contributed by atoms with Crippen LogP contribution in [0.5, 0.6) is 0 Å². The minimum Gasteiger partial charge on any atom is -0.317 e. The summed E-state index contributed by atoms with van der Waals surface area (Å²) < 4.78 is 0. The van der Waals surface area contributed by atoms with E-state index in [0.717, 1.165) is 12.0 Å². The third-order valence-corrected chi connectivity index (χ3v) is 3.64. The molecule has 0 aliphatic carbocycles. The van der Waals surface area contributed by atoms with Crippen molar-refractivity contribution in [2.45, 2.75) is 58.9 Å². The summed E-state index contributed by atoms with van der Waals surface area (Å²) in [5, 5.41) is 3.54. The number of nitrogens with one attached hydrogen (secondary N) is 1. The van der Waals surface area contributed by atoms with Gasteiger partial charge in [0.2, 0.25) is 0 Å². The quantitative estimate of drug-likeness (QED) is 0.672. The van der Waals surface area contributed by atoms with Gasteiger partial charge >= 0.3 is 0 Å². The average molecular weight is 226 g/mol. The molecule has 16 heavy (non-hydrogen) atoms. The van der Waals surface area contributed by atoms with Crippen LogP contribution in [-0.2, 0) is 0 Å². The van der Waals surface area contributed by atoms with E-state index in [9.17, 15) is 0 Å². The number of hydrogen-bond donors (Lipinski definition) is 1. The molecule has 0 aromatic heterocycles. The van der Waals surface area contributed by atoms with Crippen LogP contribution in [0.4, 0.5) is 0 Å². The Bertz CT molecular complexity index is 168. The van der Waals surface area contributed by atoms with Gasteiger partial charge in [0.15, 0.2) is 0 Å². The van der Waals surface area contributed by atoms with E-state index >= 15 is 0 Å². The molecule has 1 aliphatic rings. The molecular weight excluding hydrogens is 196 g/mol. The summed E-state index contributed by atoms with van der Waals surface area (Å²) in [5.74, 6) is 0.828. The second-order valence-electron chi connectivity index (χ2n) is 5.67.